The first-order chi connectivity index (χ1) is 6.91. The SMILES string of the molecule is Cc1c(Cl)ccc2c(S(=O)(=O)Cl)c[nH]c12. The summed E-state index contributed by atoms with van der Waals surface area (Å²) in [6.07, 6.45) is 1.37. The number of aryl methyl sites for hydroxylation is 1. The zero-order valence-corrected chi connectivity index (χ0v) is 10.0. The molecule has 1 aromatic carbocycles. The van der Waals surface area contributed by atoms with Crippen molar-refractivity contribution in [3.8, 4) is 0 Å². The third-order valence-corrected chi connectivity index (χ3v) is 4.05. The molecule has 1 aromatic heterocycles. The Morgan fingerprint density at radius 1 is 1.33 bits per heavy atom. The number of benzene rings is 1. The topological polar surface area (TPSA) is 49.9 Å². The van der Waals surface area contributed by atoms with Crippen LogP contribution in [0.3, 0.4) is 0 Å². The first kappa shape index (κ1) is 10.8. The van der Waals surface area contributed by atoms with E-state index < -0.39 is 9.05 Å². The van der Waals surface area contributed by atoms with Crippen LogP contribution in [-0.4, -0.2) is 13.4 Å². The van der Waals surface area contributed by atoms with Crippen molar-refractivity contribution in [1.29, 1.82) is 0 Å². The highest BCUT2D eigenvalue weighted by Crippen LogP contribution is 2.30. The molecule has 1 heterocycles. The normalized spacial score (nSPS) is 12.2. The van der Waals surface area contributed by atoms with Gasteiger partial charge in [0.15, 0.2) is 0 Å². The Labute approximate surface area is 96.4 Å². The van der Waals surface area contributed by atoms with Crippen LogP contribution in [0, 0.1) is 6.92 Å². The monoisotopic (exact) mass is 263 g/mol. The molecule has 0 atom stereocenters. The Hall–Kier alpha value is -0.710. The first-order valence-corrected chi connectivity index (χ1v) is 6.81. The molecule has 3 nitrogen and oxygen atoms in total. The van der Waals surface area contributed by atoms with E-state index >= 15 is 0 Å². The van der Waals surface area contributed by atoms with E-state index in [1.807, 2.05) is 6.92 Å². The number of rotatable bonds is 1. The van der Waals surface area contributed by atoms with Crippen molar-refractivity contribution >= 4 is 42.2 Å². The van der Waals surface area contributed by atoms with Gasteiger partial charge in [-0.15, -0.1) is 0 Å². The van der Waals surface area contributed by atoms with E-state index in [0.717, 1.165) is 5.56 Å². The molecule has 6 heteroatoms. The van der Waals surface area contributed by atoms with Crippen LogP contribution in [0.1, 0.15) is 5.56 Å². The molecule has 1 N–H and O–H groups in total. The fourth-order valence-corrected chi connectivity index (χ4v) is 2.67. The summed E-state index contributed by atoms with van der Waals surface area (Å²) in [6, 6.07) is 3.29. The molecule has 0 spiro atoms. The van der Waals surface area contributed by atoms with E-state index in [2.05, 4.69) is 4.98 Å². The van der Waals surface area contributed by atoms with Crippen molar-refractivity contribution in [2.75, 3.05) is 0 Å². The highest BCUT2D eigenvalue weighted by atomic mass is 35.7. The Balaban J connectivity index is 2.90. The molecule has 0 saturated carbocycles. The molecule has 0 amide bonds. The van der Waals surface area contributed by atoms with Gasteiger partial charge >= 0.3 is 0 Å². The predicted octanol–water partition coefficient (Wildman–Crippen LogP) is 3.06. The highest BCUT2D eigenvalue weighted by molar-refractivity contribution is 8.14. The summed E-state index contributed by atoms with van der Waals surface area (Å²) in [5, 5.41) is 1.15. The minimum Gasteiger partial charge on any atom is -0.360 e. The van der Waals surface area contributed by atoms with E-state index in [1.54, 1.807) is 12.1 Å². The van der Waals surface area contributed by atoms with Gasteiger partial charge in [0.1, 0.15) is 4.90 Å². The van der Waals surface area contributed by atoms with Gasteiger partial charge in [0, 0.05) is 27.3 Å². The summed E-state index contributed by atoms with van der Waals surface area (Å²) < 4.78 is 22.4. The lowest BCUT2D eigenvalue weighted by Gasteiger charge is -1.99. The third kappa shape index (κ3) is 1.73. The molecule has 0 aliphatic carbocycles. The third-order valence-electron chi connectivity index (χ3n) is 2.27. The molecule has 2 aromatic rings. The maximum atomic E-state index is 11.2. The number of hydrogen-bond donors (Lipinski definition) is 1. The van der Waals surface area contributed by atoms with Gasteiger partial charge in [-0.2, -0.15) is 0 Å². The number of nitrogens with one attached hydrogen (secondary N) is 1. The summed E-state index contributed by atoms with van der Waals surface area (Å²) in [6.45, 7) is 1.81. The lowest BCUT2D eigenvalue weighted by atomic mass is 10.2. The Morgan fingerprint density at radius 3 is 2.60 bits per heavy atom. The van der Waals surface area contributed by atoms with Crippen LogP contribution >= 0.6 is 22.3 Å². The summed E-state index contributed by atoms with van der Waals surface area (Å²) in [5.41, 5.74) is 1.50. The van der Waals surface area contributed by atoms with E-state index in [4.69, 9.17) is 22.3 Å². The number of hydrogen-bond acceptors (Lipinski definition) is 2. The quantitative estimate of drug-likeness (QED) is 0.805. The average Bonchev–Trinajstić information content (AvgIpc) is 2.54. The summed E-state index contributed by atoms with van der Waals surface area (Å²) in [5.74, 6) is 0. The van der Waals surface area contributed by atoms with Crippen molar-refractivity contribution in [2.24, 2.45) is 0 Å². The molecule has 80 valence electrons. The maximum Gasteiger partial charge on any atom is 0.263 e. The molecular formula is C9H7Cl2NO2S. The average molecular weight is 264 g/mol. The van der Waals surface area contributed by atoms with Gasteiger partial charge in [-0.05, 0) is 24.6 Å². The number of fused-ring (bicyclic) bond motifs is 1. The fraction of sp³-hybridized carbons (Fsp3) is 0.111. The van der Waals surface area contributed by atoms with Crippen LogP contribution < -0.4 is 0 Å². The molecule has 0 aliphatic heterocycles. The zero-order valence-electron chi connectivity index (χ0n) is 7.71. The van der Waals surface area contributed by atoms with E-state index in [1.165, 1.54) is 6.20 Å². The number of halogens is 2. The van der Waals surface area contributed by atoms with Crippen LogP contribution in [0.2, 0.25) is 5.02 Å². The van der Waals surface area contributed by atoms with Crippen LogP contribution in [-0.2, 0) is 9.05 Å². The van der Waals surface area contributed by atoms with Crippen molar-refractivity contribution < 1.29 is 8.42 Å². The summed E-state index contributed by atoms with van der Waals surface area (Å²) in [7, 11) is 1.57. The van der Waals surface area contributed by atoms with E-state index in [0.29, 0.717) is 15.9 Å². The number of aromatic nitrogens is 1. The smallest absolute Gasteiger partial charge is 0.263 e. The van der Waals surface area contributed by atoms with Gasteiger partial charge in [0.25, 0.3) is 9.05 Å². The summed E-state index contributed by atoms with van der Waals surface area (Å²) >= 11 is 5.91. The molecule has 15 heavy (non-hydrogen) atoms. The van der Waals surface area contributed by atoms with Gasteiger partial charge in [0.05, 0.1) is 5.52 Å². The Bertz CT molecular complexity index is 631. The molecular weight excluding hydrogens is 257 g/mol. The van der Waals surface area contributed by atoms with E-state index in [-0.39, 0.29) is 4.90 Å². The van der Waals surface area contributed by atoms with Gasteiger partial charge in [-0.1, -0.05) is 11.6 Å². The standard InChI is InChI=1S/C9H7Cl2NO2S/c1-5-7(10)3-2-6-8(15(11,13)14)4-12-9(5)6/h2-4,12H,1H3. The molecule has 0 unspecified atom stereocenters. The Morgan fingerprint density at radius 2 is 2.00 bits per heavy atom. The van der Waals surface area contributed by atoms with Crippen LogP contribution in [0.15, 0.2) is 23.2 Å². The van der Waals surface area contributed by atoms with Gasteiger partial charge in [-0.3, -0.25) is 0 Å². The van der Waals surface area contributed by atoms with Crippen molar-refractivity contribution in [3.05, 3.63) is 28.9 Å². The highest BCUT2D eigenvalue weighted by Gasteiger charge is 2.17. The predicted molar refractivity (Wildman–Crippen MR) is 61.1 cm³/mol. The lowest BCUT2D eigenvalue weighted by molar-refractivity contribution is 0.610. The second-order valence-electron chi connectivity index (χ2n) is 3.19. The molecule has 2 rings (SSSR count). The fourth-order valence-electron chi connectivity index (χ4n) is 1.49. The maximum absolute atomic E-state index is 11.2. The molecule has 0 bridgehead atoms. The second-order valence-corrected chi connectivity index (χ2v) is 6.13. The lowest BCUT2D eigenvalue weighted by Crippen LogP contribution is -1.88. The van der Waals surface area contributed by atoms with Crippen LogP contribution in [0.25, 0.3) is 10.9 Å². The Kier molecular flexibility index (Phi) is 2.45. The second kappa shape index (κ2) is 3.40. The van der Waals surface area contributed by atoms with Gasteiger partial charge in [-0.25, -0.2) is 8.42 Å². The summed E-state index contributed by atoms with van der Waals surface area (Å²) in [4.78, 5) is 2.94. The molecule has 0 fully saturated rings. The number of H-pyrrole nitrogens is 1. The van der Waals surface area contributed by atoms with E-state index in [9.17, 15) is 8.42 Å². The van der Waals surface area contributed by atoms with Crippen LogP contribution in [0.5, 0.6) is 0 Å². The van der Waals surface area contributed by atoms with Gasteiger partial charge < -0.3 is 4.98 Å². The minimum atomic E-state index is -3.72. The van der Waals surface area contributed by atoms with Gasteiger partial charge in [0.2, 0.25) is 0 Å². The van der Waals surface area contributed by atoms with Crippen molar-refractivity contribution in [2.45, 2.75) is 11.8 Å². The largest absolute Gasteiger partial charge is 0.360 e. The van der Waals surface area contributed by atoms with Crippen LogP contribution in [0.4, 0.5) is 0 Å². The van der Waals surface area contributed by atoms with Crippen molar-refractivity contribution in [1.82, 2.24) is 4.98 Å². The molecule has 0 radical (unpaired) electrons. The minimum absolute atomic E-state index is 0.0823. The molecule has 0 saturated heterocycles. The molecule has 0 aliphatic rings. The van der Waals surface area contributed by atoms with Crippen molar-refractivity contribution in [3.63, 3.8) is 0 Å². The number of aromatic amines is 1. The zero-order chi connectivity index (χ0) is 11.2. The first-order valence-electron chi connectivity index (χ1n) is 4.12.